The molecule has 1 aliphatic heterocycles. The molecule has 3 nitrogen and oxygen atoms in total. The SMILES string of the molecule is Cc1cccc(C(C)NC2CCS(=O)(=O)C2)c1. The van der Waals surface area contributed by atoms with E-state index in [0.717, 1.165) is 6.42 Å². The molecule has 1 N–H and O–H groups in total. The van der Waals surface area contributed by atoms with Crippen molar-refractivity contribution in [2.24, 2.45) is 0 Å². The average molecular weight is 253 g/mol. The molecular formula is C13H19NO2S. The monoisotopic (exact) mass is 253 g/mol. The summed E-state index contributed by atoms with van der Waals surface area (Å²) >= 11 is 0. The summed E-state index contributed by atoms with van der Waals surface area (Å²) in [5, 5.41) is 3.40. The first-order valence-electron chi connectivity index (χ1n) is 5.99. The Labute approximate surface area is 103 Å². The van der Waals surface area contributed by atoms with E-state index in [1.54, 1.807) is 0 Å². The normalized spacial score (nSPS) is 24.7. The molecule has 1 aromatic rings. The van der Waals surface area contributed by atoms with Crippen LogP contribution in [0.15, 0.2) is 24.3 Å². The first-order chi connectivity index (χ1) is 7.96. The van der Waals surface area contributed by atoms with Crippen LogP contribution in [0.3, 0.4) is 0 Å². The van der Waals surface area contributed by atoms with Crippen LogP contribution in [-0.4, -0.2) is 26.0 Å². The first kappa shape index (κ1) is 12.6. The van der Waals surface area contributed by atoms with Crippen molar-refractivity contribution in [2.75, 3.05) is 11.5 Å². The van der Waals surface area contributed by atoms with Crippen LogP contribution in [0, 0.1) is 6.92 Å². The lowest BCUT2D eigenvalue weighted by atomic mass is 10.0. The first-order valence-corrected chi connectivity index (χ1v) is 7.81. The number of rotatable bonds is 3. The molecule has 2 rings (SSSR count). The fourth-order valence-corrected chi connectivity index (χ4v) is 4.00. The topological polar surface area (TPSA) is 46.2 Å². The van der Waals surface area contributed by atoms with Crippen molar-refractivity contribution in [1.82, 2.24) is 5.32 Å². The molecule has 1 fully saturated rings. The Balaban J connectivity index is 2.00. The zero-order chi connectivity index (χ0) is 12.5. The molecule has 1 saturated heterocycles. The number of aryl methyl sites for hydroxylation is 1. The average Bonchev–Trinajstić information content (AvgIpc) is 2.58. The molecule has 1 heterocycles. The number of nitrogens with one attached hydrogen (secondary N) is 1. The van der Waals surface area contributed by atoms with Gasteiger partial charge in [-0.25, -0.2) is 8.42 Å². The van der Waals surface area contributed by atoms with Gasteiger partial charge in [0.1, 0.15) is 0 Å². The maximum absolute atomic E-state index is 11.4. The van der Waals surface area contributed by atoms with Crippen molar-refractivity contribution in [3.8, 4) is 0 Å². The Morgan fingerprint density at radius 3 is 2.76 bits per heavy atom. The van der Waals surface area contributed by atoms with Crippen molar-refractivity contribution in [3.05, 3.63) is 35.4 Å². The maximum Gasteiger partial charge on any atom is 0.151 e. The molecule has 0 aliphatic carbocycles. The lowest BCUT2D eigenvalue weighted by Gasteiger charge is -2.19. The molecule has 1 aliphatic rings. The number of benzene rings is 1. The Morgan fingerprint density at radius 1 is 1.41 bits per heavy atom. The van der Waals surface area contributed by atoms with Crippen LogP contribution < -0.4 is 5.32 Å². The second-order valence-corrected chi connectivity index (χ2v) is 7.13. The van der Waals surface area contributed by atoms with Crippen LogP contribution in [0.4, 0.5) is 0 Å². The van der Waals surface area contributed by atoms with Gasteiger partial charge in [0.25, 0.3) is 0 Å². The quantitative estimate of drug-likeness (QED) is 0.894. The van der Waals surface area contributed by atoms with E-state index in [1.165, 1.54) is 11.1 Å². The van der Waals surface area contributed by atoms with E-state index in [-0.39, 0.29) is 17.8 Å². The molecule has 0 aromatic heterocycles. The lowest BCUT2D eigenvalue weighted by molar-refractivity contribution is 0.485. The van der Waals surface area contributed by atoms with Crippen LogP contribution in [0.25, 0.3) is 0 Å². The third-order valence-corrected chi connectivity index (χ3v) is 5.03. The summed E-state index contributed by atoms with van der Waals surface area (Å²) in [6, 6.07) is 8.63. The standard InChI is InChI=1S/C13H19NO2S/c1-10-4-3-5-12(8-10)11(2)14-13-6-7-17(15,16)9-13/h3-5,8,11,13-14H,6-7,9H2,1-2H3. The summed E-state index contributed by atoms with van der Waals surface area (Å²) in [6.45, 7) is 4.15. The largest absolute Gasteiger partial charge is 0.306 e. The van der Waals surface area contributed by atoms with Gasteiger partial charge in [-0.2, -0.15) is 0 Å². The van der Waals surface area contributed by atoms with Crippen molar-refractivity contribution in [1.29, 1.82) is 0 Å². The van der Waals surface area contributed by atoms with Gasteiger partial charge in [-0.15, -0.1) is 0 Å². The van der Waals surface area contributed by atoms with Gasteiger partial charge >= 0.3 is 0 Å². The molecule has 4 heteroatoms. The molecule has 17 heavy (non-hydrogen) atoms. The van der Waals surface area contributed by atoms with E-state index in [1.807, 2.05) is 6.07 Å². The summed E-state index contributed by atoms with van der Waals surface area (Å²) in [4.78, 5) is 0. The molecular weight excluding hydrogens is 234 g/mol. The zero-order valence-electron chi connectivity index (χ0n) is 10.3. The Morgan fingerprint density at radius 2 is 2.18 bits per heavy atom. The van der Waals surface area contributed by atoms with Crippen LogP contribution in [0.2, 0.25) is 0 Å². The summed E-state index contributed by atoms with van der Waals surface area (Å²) in [7, 11) is -2.79. The molecule has 94 valence electrons. The second-order valence-electron chi connectivity index (χ2n) is 4.90. The highest BCUT2D eigenvalue weighted by Gasteiger charge is 2.28. The minimum atomic E-state index is -2.79. The molecule has 0 spiro atoms. The van der Waals surface area contributed by atoms with Gasteiger partial charge in [0, 0.05) is 12.1 Å². The number of hydrogen-bond donors (Lipinski definition) is 1. The van der Waals surface area contributed by atoms with Gasteiger partial charge in [-0.1, -0.05) is 29.8 Å². The molecule has 0 radical (unpaired) electrons. The summed E-state index contributed by atoms with van der Waals surface area (Å²) in [5.74, 6) is 0.606. The molecule has 0 saturated carbocycles. The zero-order valence-corrected chi connectivity index (χ0v) is 11.1. The fourth-order valence-electron chi connectivity index (χ4n) is 2.32. The van der Waals surface area contributed by atoms with Crippen molar-refractivity contribution in [2.45, 2.75) is 32.4 Å². The lowest BCUT2D eigenvalue weighted by Crippen LogP contribution is -2.32. The molecule has 0 bridgehead atoms. The predicted molar refractivity (Wildman–Crippen MR) is 69.8 cm³/mol. The van der Waals surface area contributed by atoms with E-state index < -0.39 is 9.84 Å². The predicted octanol–water partition coefficient (Wildman–Crippen LogP) is 1.83. The van der Waals surface area contributed by atoms with Gasteiger partial charge < -0.3 is 5.32 Å². The molecule has 0 amide bonds. The Bertz CT molecular complexity index is 496. The van der Waals surface area contributed by atoms with Gasteiger partial charge in [-0.3, -0.25) is 0 Å². The molecule has 2 atom stereocenters. The Hall–Kier alpha value is -0.870. The minimum absolute atomic E-state index is 0.107. The molecule has 1 aromatic carbocycles. The highest BCUT2D eigenvalue weighted by molar-refractivity contribution is 7.91. The summed E-state index contributed by atoms with van der Waals surface area (Å²) in [6.07, 6.45) is 0.735. The van der Waals surface area contributed by atoms with Crippen LogP contribution >= 0.6 is 0 Å². The van der Waals surface area contributed by atoms with Crippen LogP contribution in [0.1, 0.15) is 30.5 Å². The minimum Gasteiger partial charge on any atom is -0.306 e. The Kier molecular flexibility index (Phi) is 3.54. The third kappa shape index (κ3) is 3.30. The molecule has 2 unspecified atom stereocenters. The van der Waals surface area contributed by atoms with Crippen molar-refractivity contribution in [3.63, 3.8) is 0 Å². The van der Waals surface area contributed by atoms with E-state index in [0.29, 0.717) is 5.75 Å². The van der Waals surface area contributed by atoms with Crippen LogP contribution in [0.5, 0.6) is 0 Å². The van der Waals surface area contributed by atoms with Crippen molar-refractivity contribution >= 4 is 9.84 Å². The fraction of sp³-hybridized carbons (Fsp3) is 0.538. The second kappa shape index (κ2) is 4.78. The van der Waals surface area contributed by atoms with E-state index in [2.05, 4.69) is 37.4 Å². The van der Waals surface area contributed by atoms with E-state index in [4.69, 9.17) is 0 Å². The summed E-state index contributed by atoms with van der Waals surface area (Å²) in [5.41, 5.74) is 2.45. The van der Waals surface area contributed by atoms with Gasteiger partial charge in [0.2, 0.25) is 0 Å². The van der Waals surface area contributed by atoms with Crippen molar-refractivity contribution < 1.29 is 8.42 Å². The van der Waals surface area contributed by atoms with E-state index in [9.17, 15) is 8.42 Å². The van der Waals surface area contributed by atoms with Gasteiger partial charge in [-0.05, 0) is 25.8 Å². The summed E-state index contributed by atoms with van der Waals surface area (Å²) < 4.78 is 22.7. The van der Waals surface area contributed by atoms with Crippen LogP contribution in [-0.2, 0) is 9.84 Å². The van der Waals surface area contributed by atoms with Gasteiger partial charge in [0.05, 0.1) is 11.5 Å². The smallest absolute Gasteiger partial charge is 0.151 e. The number of hydrogen-bond acceptors (Lipinski definition) is 3. The highest BCUT2D eigenvalue weighted by atomic mass is 32.2. The van der Waals surface area contributed by atoms with Gasteiger partial charge in [0.15, 0.2) is 9.84 Å². The van der Waals surface area contributed by atoms with E-state index >= 15 is 0 Å². The number of sulfone groups is 1. The maximum atomic E-state index is 11.4. The highest BCUT2D eigenvalue weighted by Crippen LogP contribution is 2.18. The third-order valence-electron chi connectivity index (χ3n) is 3.26.